The molecule has 0 bridgehead atoms. The van der Waals surface area contributed by atoms with E-state index in [1.54, 1.807) is 26.0 Å². The van der Waals surface area contributed by atoms with Crippen molar-refractivity contribution in [1.82, 2.24) is 0 Å². The van der Waals surface area contributed by atoms with Gasteiger partial charge in [0.05, 0.1) is 14.5 Å². The molecule has 0 radical (unpaired) electrons. The molecule has 1 N–H and O–H groups in total. The van der Waals surface area contributed by atoms with Gasteiger partial charge in [0.1, 0.15) is 11.8 Å². The number of carbonyl (C=O) groups excluding carboxylic acids is 1. The Bertz CT molecular complexity index is 534. The minimum absolute atomic E-state index is 0.0841. The standard InChI is InChI=1S/C13H11Br2NO2/c1-7(2)12(17)9(6-16)3-8-4-10(14)13(18)11(15)5-8/h3-5,7,18H,1-2H3/b9-3+. The van der Waals surface area contributed by atoms with Gasteiger partial charge in [-0.25, -0.2) is 0 Å². The highest BCUT2D eigenvalue weighted by Crippen LogP contribution is 2.34. The lowest BCUT2D eigenvalue weighted by Gasteiger charge is -2.04. The predicted molar refractivity (Wildman–Crippen MR) is 76.9 cm³/mol. The fraction of sp³-hybridized carbons (Fsp3) is 0.231. The number of hydrogen-bond donors (Lipinski definition) is 1. The summed E-state index contributed by atoms with van der Waals surface area (Å²) < 4.78 is 0.995. The number of phenolic OH excluding ortho intramolecular Hbond substituents is 1. The van der Waals surface area contributed by atoms with Gasteiger partial charge in [-0.15, -0.1) is 0 Å². The third-order valence-corrected chi connectivity index (χ3v) is 3.47. The summed E-state index contributed by atoms with van der Waals surface area (Å²) in [5.74, 6) is -0.335. The number of nitrogens with zero attached hydrogens (tertiary/aromatic N) is 1. The SMILES string of the molecule is CC(C)C(=O)/C(C#N)=C/c1cc(Br)c(O)c(Br)c1. The zero-order valence-corrected chi connectivity index (χ0v) is 13.0. The van der Waals surface area contributed by atoms with Crippen LogP contribution in [-0.2, 0) is 4.79 Å². The van der Waals surface area contributed by atoms with Crippen LogP contribution in [0, 0.1) is 17.2 Å². The van der Waals surface area contributed by atoms with Crippen LogP contribution in [0.1, 0.15) is 19.4 Å². The summed E-state index contributed by atoms with van der Waals surface area (Å²) in [7, 11) is 0. The molecule has 0 aliphatic heterocycles. The topological polar surface area (TPSA) is 61.1 Å². The van der Waals surface area contributed by atoms with E-state index in [0.717, 1.165) is 0 Å². The summed E-state index contributed by atoms with van der Waals surface area (Å²) >= 11 is 6.40. The Labute approximate surface area is 122 Å². The Balaban J connectivity index is 3.24. The maximum atomic E-state index is 11.8. The summed E-state index contributed by atoms with van der Waals surface area (Å²) in [6, 6.07) is 5.19. The van der Waals surface area contributed by atoms with Gasteiger partial charge in [0.2, 0.25) is 0 Å². The van der Waals surface area contributed by atoms with Gasteiger partial charge >= 0.3 is 0 Å². The van der Waals surface area contributed by atoms with Crippen LogP contribution >= 0.6 is 31.9 Å². The first-order valence-electron chi connectivity index (χ1n) is 5.20. The molecule has 0 aliphatic rings. The lowest BCUT2D eigenvalue weighted by atomic mass is 10.00. The molecule has 5 heteroatoms. The fourth-order valence-corrected chi connectivity index (χ4v) is 2.53. The van der Waals surface area contributed by atoms with Gasteiger partial charge in [-0.05, 0) is 55.6 Å². The number of phenols is 1. The van der Waals surface area contributed by atoms with Crippen LogP contribution in [0.15, 0.2) is 26.7 Å². The molecule has 94 valence electrons. The molecule has 0 saturated carbocycles. The number of halogens is 2. The third-order valence-electron chi connectivity index (χ3n) is 2.26. The highest BCUT2D eigenvalue weighted by atomic mass is 79.9. The molecule has 0 spiro atoms. The second kappa shape index (κ2) is 6.17. The number of nitriles is 1. The van der Waals surface area contributed by atoms with Crippen LogP contribution in [0.2, 0.25) is 0 Å². The van der Waals surface area contributed by atoms with E-state index in [2.05, 4.69) is 31.9 Å². The molecule has 18 heavy (non-hydrogen) atoms. The zero-order chi connectivity index (χ0) is 13.9. The van der Waals surface area contributed by atoms with Crippen molar-refractivity contribution >= 4 is 43.7 Å². The van der Waals surface area contributed by atoms with Gasteiger partial charge in [-0.1, -0.05) is 13.8 Å². The summed E-state index contributed by atoms with van der Waals surface area (Å²) in [4.78, 5) is 11.8. The Hall–Kier alpha value is -1.12. The average Bonchev–Trinajstić information content (AvgIpc) is 2.31. The Morgan fingerprint density at radius 2 is 1.89 bits per heavy atom. The number of ketones is 1. The molecule has 0 atom stereocenters. The van der Waals surface area contributed by atoms with E-state index in [9.17, 15) is 9.90 Å². The minimum Gasteiger partial charge on any atom is -0.506 e. The number of Topliss-reactive ketones (excluding diaryl/α,β-unsaturated/α-hetero) is 1. The highest BCUT2D eigenvalue weighted by molar-refractivity contribution is 9.11. The number of hydrogen-bond acceptors (Lipinski definition) is 3. The number of rotatable bonds is 3. The lowest BCUT2D eigenvalue weighted by Crippen LogP contribution is -2.08. The van der Waals surface area contributed by atoms with Gasteiger partial charge in [-0.2, -0.15) is 5.26 Å². The van der Waals surface area contributed by atoms with Gasteiger partial charge in [0.15, 0.2) is 5.78 Å². The zero-order valence-electron chi connectivity index (χ0n) is 9.87. The van der Waals surface area contributed by atoms with Gasteiger partial charge in [0.25, 0.3) is 0 Å². The van der Waals surface area contributed by atoms with Crippen LogP contribution in [0.3, 0.4) is 0 Å². The Morgan fingerprint density at radius 3 is 2.28 bits per heavy atom. The van der Waals surface area contributed by atoms with Crippen LogP contribution in [-0.4, -0.2) is 10.9 Å². The van der Waals surface area contributed by atoms with Crippen LogP contribution in [0.25, 0.3) is 6.08 Å². The molecule has 0 heterocycles. The van der Waals surface area contributed by atoms with Crippen molar-refractivity contribution in [2.24, 2.45) is 5.92 Å². The van der Waals surface area contributed by atoms with E-state index >= 15 is 0 Å². The minimum atomic E-state index is -0.222. The molecule has 0 amide bonds. The van der Waals surface area contributed by atoms with Crippen molar-refractivity contribution in [3.8, 4) is 11.8 Å². The summed E-state index contributed by atoms with van der Waals surface area (Å²) in [6.45, 7) is 3.49. The third kappa shape index (κ3) is 3.44. The summed E-state index contributed by atoms with van der Waals surface area (Å²) in [5.41, 5.74) is 0.770. The normalized spacial score (nSPS) is 11.4. The van der Waals surface area contributed by atoms with Gasteiger partial charge < -0.3 is 5.11 Å². The summed E-state index contributed by atoms with van der Waals surface area (Å²) in [5, 5.41) is 18.6. The second-order valence-electron chi connectivity index (χ2n) is 4.02. The van der Waals surface area contributed by atoms with Crippen molar-refractivity contribution in [3.05, 3.63) is 32.2 Å². The molecule has 0 fully saturated rings. The van der Waals surface area contributed by atoms with Crippen LogP contribution in [0.4, 0.5) is 0 Å². The quantitative estimate of drug-likeness (QED) is 0.643. The lowest BCUT2D eigenvalue weighted by molar-refractivity contribution is -0.117. The second-order valence-corrected chi connectivity index (χ2v) is 5.73. The molecule has 0 saturated heterocycles. The number of benzene rings is 1. The molecule has 1 aromatic carbocycles. The van der Waals surface area contributed by atoms with Gasteiger partial charge in [-0.3, -0.25) is 4.79 Å². The molecule has 3 nitrogen and oxygen atoms in total. The number of aromatic hydroxyl groups is 1. The maximum Gasteiger partial charge on any atom is 0.175 e. The maximum absolute atomic E-state index is 11.8. The van der Waals surface area contributed by atoms with Crippen molar-refractivity contribution in [2.45, 2.75) is 13.8 Å². The van der Waals surface area contributed by atoms with E-state index in [-0.39, 0.29) is 23.0 Å². The first-order valence-corrected chi connectivity index (χ1v) is 6.79. The first kappa shape index (κ1) is 14.9. The van der Waals surface area contributed by atoms with Crippen molar-refractivity contribution in [1.29, 1.82) is 5.26 Å². The molecular weight excluding hydrogens is 362 g/mol. The van der Waals surface area contributed by atoms with E-state index < -0.39 is 0 Å². The highest BCUT2D eigenvalue weighted by Gasteiger charge is 2.14. The van der Waals surface area contributed by atoms with Crippen molar-refractivity contribution in [3.63, 3.8) is 0 Å². The Morgan fingerprint density at radius 1 is 1.39 bits per heavy atom. The fourth-order valence-electron chi connectivity index (χ4n) is 1.30. The van der Waals surface area contributed by atoms with Crippen LogP contribution < -0.4 is 0 Å². The molecular formula is C13H11Br2NO2. The molecule has 0 aliphatic carbocycles. The smallest absolute Gasteiger partial charge is 0.175 e. The van der Waals surface area contributed by atoms with E-state index in [4.69, 9.17) is 5.26 Å². The van der Waals surface area contributed by atoms with E-state index in [1.807, 2.05) is 6.07 Å². The molecule has 0 aromatic heterocycles. The molecule has 1 aromatic rings. The first-order chi connectivity index (χ1) is 8.36. The predicted octanol–water partition coefficient (Wildman–Crippen LogP) is 4.05. The largest absolute Gasteiger partial charge is 0.506 e. The van der Waals surface area contributed by atoms with E-state index in [0.29, 0.717) is 14.5 Å². The van der Waals surface area contributed by atoms with Crippen molar-refractivity contribution < 1.29 is 9.90 Å². The Kier molecular flexibility index (Phi) is 5.12. The van der Waals surface area contributed by atoms with Gasteiger partial charge in [0, 0.05) is 5.92 Å². The van der Waals surface area contributed by atoms with Crippen LogP contribution in [0.5, 0.6) is 5.75 Å². The van der Waals surface area contributed by atoms with E-state index in [1.165, 1.54) is 6.08 Å². The monoisotopic (exact) mass is 371 g/mol. The average molecular weight is 373 g/mol. The molecule has 1 rings (SSSR count). The number of carbonyl (C=O) groups is 1. The number of allylic oxidation sites excluding steroid dienone is 1. The molecule has 0 unspecified atom stereocenters. The van der Waals surface area contributed by atoms with Crippen molar-refractivity contribution in [2.75, 3.05) is 0 Å². The summed E-state index contributed by atoms with van der Waals surface area (Å²) in [6.07, 6.45) is 1.51.